The van der Waals surface area contributed by atoms with Gasteiger partial charge in [-0.2, -0.15) is 0 Å². The molecule has 0 aliphatic heterocycles. The van der Waals surface area contributed by atoms with Crippen LogP contribution in [-0.2, 0) is 0 Å². The van der Waals surface area contributed by atoms with Crippen LogP contribution in [0.5, 0.6) is 0 Å². The van der Waals surface area contributed by atoms with Crippen LogP contribution in [0.2, 0.25) is 0 Å². The Bertz CT molecular complexity index is 792. The molecule has 3 rings (SSSR count). The van der Waals surface area contributed by atoms with E-state index in [4.69, 9.17) is 0 Å². The number of benzene rings is 3. The van der Waals surface area contributed by atoms with Crippen LogP contribution in [0.4, 0.5) is 26.2 Å². The molecular weight excluding hydrogens is 305 g/mol. The summed E-state index contributed by atoms with van der Waals surface area (Å²) in [5.74, 6) is -0.352. The third kappa shape index (κ3) is 3.89. The highest BCUT2D eigenvalue weighted by molar-refractivity contribution is 6.03. The van der Waals surface area contributed by atoms with Crippen LogP contribution in [0.3, 0.4) is 0 Å². The van der Waals surface area contributed by atoms with E-state index in [1.807, 2.05) is 60.7 Å². The lowest BCUT2D eigenvalue weighted by molar-refractivity contribution is 0.258. The Morgan fingerprint density at radius 3 is 1.96 bits per heavy atom. The number of nitrogens with zero attached hydrogens (tertiary/aromatic N) is 1. The van der Waals surface area contributed by atoms with Crippen molar-refractivity contribution in [2.24, 2.45) is 0 Å². The molecule has 0 radical (unpaired) electrons. The van der Waals surface area contributed by atoms with Gasteiger partial charge in [0.05, 0.1) is 11.4 Å². The van der Waals surface area contributed by atoms with Crippen LogP contribution in [0.25, 0.3) is 0 Å². The minimum Gasteiger partial charge on any atom is -0.306 e. The van der Waals surface area contributed by atoms with Gasteiger partial charge in [-0.05, 0) is 48.5 Å². The van der Waals surface area contributed by atoms with Gasteiger partial charge in [0.15, 0.2) is 0 Å². The van der Waals surface area contributed by atoms with E-state index in [9.17, 15) is 9.18 Å². The molecule has 24 heavy (non-hydrogen) atoms. The van der Waals surface area contributed by atoms with Gasteiger partial charge in [0.2, 0.25) is 0 Å². The summed E-state index contributed by atoms with van der Waals surface area (Å²) in [6.07, 6.45) is 0. The van der Waals surface area contributed by atoms with Crippen molar-refractivity contribution < 1.29 is 9.18 Å². The van der Waals surface area contributed by atoms with Crippen molar-refractivity contribution in [3.8, 4) is 0 Å². The number of para-hydroxylation sites is 2. The Morgan fingerprint density at radius 1 is 0.750 bits per heavy atom. The van der Waals surface area contributed by atoms with E-state index in [1.54, 1.807) is 0 Å². The van der Waals surface area contributed by atoms with Crippen LogP contribution in [0.15, 0.2) is 84.9 Å². The lowest BCUT2D eigenvalue weighted by Gasteiger charge is -2.24. The predicted molar refractivity (Wildman–Crippen MR) is 94.4 cm³/mol. The first-order valence-corrected chi connectivity index (χ1v) is 7.46. The molecule has 0 aromatic heterocycles. The second-order valence-electron chi connectivity index (χ2n) is 5.09. The average molecular weight is 321 g/mol. The van der Waals surface area contributed by atoms with Crippen molar-refractivity contribution in [2.45, 2.75) is 0 Å². The molecule has 0 fully saturated rings. The molecule has 0 saturated carbocycles. The Hall–Kier alpha value is -3.34. The lowest BCUT2D eigenvalue weighted by atomic mass is 10.3. The first-order chi connectivity index (χ1) is 11.7. The number of urea groups is 1. The number of amides is 2. The minimum absolute atomic E-state index is 0.352. The molecule has 0 heterocycles. The number of hydrogen-bond acceptors (Lipinski definition) is 2. The van der Waals surface area contributed by atoms with Crippen LogP contribution < -0.4 is 15.8 Å². The summed E-state index contributed by atoms with van der Waals surface area (Å²) in [5, 5.41) is 4.15. The zero-order valence-corrected chi connectivity index (χ0v) is 12.8. The summed E-state index contributed by atoms with van der Waals surface area (Å²) >= 11 is 0. The molecule has 0 spiro atoms. The fourth-order valence-corrected chi connectivity index (χ4v) is 2.16. The maximum absolute atomic E-state index is 13.0. The fourth-order valence-electron chi connectivity index (χ4n) is 2.16. The highest BCUT2D eigenvalue weighted by Gasteiger charge is 2.16. The van der Waals surface area contributed by atoms with Gasteiger partial charge in [-0.15, -0.1) is 0 Å². The van der Waals surface area contributed by atoms with E-state index in [1.165, 1.54) is 29.3 Å². The minimum atomic E-state index is -0.378. The van der Waals surface area contributed by atoms with Gasteiger partial charge in [-0.3, -0.25) is 5.43 Å². The highest BCUT2D eigenvalue weighted by atomic mass is 19.1. The molecule has 5 heteroatoms. The molecule has 3 aromatic rings. The Labute approximate surface area is 139 Å². The van der Waals surface area contributed by atoms with Gasteiger partial charge in [0.25, 0.3) is 0 Å². The quantitative estimate of drug-likeness (QED) is 0.672. The van der Waals surface area contributed by atoms with Crippen LogP contribution in [-0.4, -0.2) is 6.03 Å². The highest BCUT2D eigenvalue weighted by Crippen LogP contribution is 2.18. The first-order valence-electron chi connectivity index (χ1n) is 7.46. The predicted octanol–water partition coefficient (Wildman–Crippen LogP) is 4.89. The standard InChI is InChI=1S/C19H16FN3O/c20-15-11-13-16(14-12-15)21-19(24)23(18-9-5-2-6-10-18)22-17-7-3-1-4-8-17/h1-14,22H,(H,21,24). The van der Waals surface area contributed by atoms with Gasteiger partial charge >= 0.3 is 6.03 Å². The maximum Gasteiger partial charge on any atom is 0.345 e. The zero-order valence-electron chi connectivity index (χ0n) is 12.8. The molecule has 0 aliphatic carbocycles. The van der Waals surface area contributed by atoms with Crippen molar-refractivity contribution in [1.82, 2.24) is 0 Å². The van der Waals surface area contributed by atoms with Crippen LogP contribution in [0, 0.1) is 5.82 Å². The Kier molecular flexibility index (Phi) is 4.72. The number of hydrazine groups is 1. The maximum atomic E-state index is 13.0. The third-order valence-corrected chi connectivity index (χ3v) is 3.33. The van der Waals surface area contributed by atoms with E-state index in [0.717, 1.165) is 5.69 Å². The number of carbonyl (C=O) groups is 1. The summed E-state index contributed by atoms with van der Waals surface area (Å²) in [6.45, 7) is 0. The van der Waals surface area contributed by atoms with E-state index < -0.39 is 0 Å². The van der Waals surface area contributed by atoms with Gasteiger partial charge in [0.1, 0.15) is 5.82 Å². The fraction of sp³-hybridized carbons (Fsp3) is 0. The molecule has 0 unspecified atom stereocenters. The molecule has 0 aliphatic rings. The largest absolute Gasteiger partial charge is 0.345 e. The summed E-state index contributed by atoms with van der Waals surface area (Å²) < 4.78 is 13.0. The van der Waals surface area contributed by atoms with Crippen molar-refractivity contribution in [3.63, 3.8) is 0 Å². The molecule has 2 amide bonds. The summed E-state index contributed by atoms with van der Waals surface area (Å²) in [6, 6.07) is 23.8. The van der Waals surface area contributed by atoms with Gasteiger partial charge in [-0.25, -0.2) is 14.2 Å². The Morgan fingerprint density at radius 2 is 1.33 bits per heavy atom. The van der Waals surface area contributed by atoms with E-state index >= 15 is 0 Å². The lowest BCUT2D eigenvalue weighted by Crippen LogP contribution is -2.39. The third-order valence-electron chi connectivity index (χ3n) is 3.33. The molecule has 3 aromatic carbocycles. The zero-order chi connectivity index (χ0) is 16.8. The molecule has 120 valence electrons. The second-order valence-corrected chi connectivity index (χ2v) is 5.09. The van der Waals surface area contributed by atoms with Crippen molar-refractivity contribution in [2.75, 3.05) is 15.8 Å². The summed E-state index contributed by atoms with van der Waals surface area (Å²) in [5.41, 5.74) is 5.04. The average Bonchev–Trinajstić information content (AvgIpc) is 2.63. The van der Waals surface area contributed by atoms with E-state index in [2.05, 4.69) is 10.7 Å². The Balaban J connectivity index is 1.83. The number of nitrogens with one attached hydrogen (secondary N) is 2. The van der Waals surface area contributed by atoms with Crippen molar-refractivity contribution in [3.05, 3.63) is 90.7 Å². The topological polar surface area (TPSA) is 44.4 Å². The number of anilines is 3. The summed E-state index contributed by atoms with van der Waals surface area (Å²) in [7, 11) is 0. The number of halogens is 1. The van der Waals surface area contributed by atoms with E-state index in [0.29, 0.717) is 11.4 Å². The second kappa shape index (κ2) is 7.28. The van der Waals surface area contributed by atoms with Crippen LogP contribution in [0.1, 0.15) is 0 Å². The van der Waals surface area contributed by atoms with Gasteiger partial charge < -0.3 is 5.32 Å². The molecular formula is C19H16FN3O. The van der Waals surface area contributed by atoms with Crippen molar-refractivity contribution in [1.29, 1.82) is 0 Å². The van der Waals surface area contributed by atoms with Crippen LogP contribution >= 0.6 is 0 Å². The van der Waals surface area contributed by atoms with Gasteiger partial charge in [-0.1, -0.05) is 36.4 Å². The summed E-state index contributed by atoms with van der Waals surface area (Å²) in [4.78, 5) is 12.7. The number of rotatable bonds is 4. The first kappa shape index (κ1) is 15.6. The van der Waals surface area contributed by atoms with E-state index in [-0.39, 0.29) is 11.8 Å². The van der Waals surface area contributed by atoms with Crippen molar-refractivity contribution >= 4 is 23.1 Å². The normalized spacial score (nSPS) is 10.0. The SMILES string of the molecule is O=C(Nc1ccc(F)cc1)N(Nc1ccccc1)c1ccccc1. The molecule has 0 atom stereocenters. The smallest absolute Gasteiger partial charge is 0.306 e. The monoisotopic (exact) mass is 321 g/mol. The molecule has 2 N–H and O–H groups in total. The number of carbonyl (C=O) groups excluding carboxylic acids is 1. The molecule has 0 saturated heterocycles. The van der Waals surface area contributed by atoms with Gasteiger partial charge in [0, 0.05) is 5.69 Å². The molecule has 0 bridgehead atoms. The number of hydrogen-bond donors (Lipinski definition) is 2. The molecule has 4 nitrogen and oxygen atoms in total.